The second-order valence-electron chi connectivity index (χ2n) is 9.46. The number of ether oxygens (including phenoxy) is 1. The number of rotatable bonds is 4. The van der Waals surface area contributed by atoms with Crippen LogP contribution in [0.4, 0.5) is 10.7 Å². The van der Waals surface area contributed by atoms with Gasteiger partial charge in [-0.1, -0.05) is 48.0 Å². The van der Waals surface area contributed by atoms with Crippen molar-refractivity contribution in [2.24, 2.45) is 5.92 Å². The van der Waals surface area contributed by atoms with Crippen LogP contribution in [0.1, 0.15) is 50.8 Å². The molecule has 6 rings (SSSR count). The minimum atomic E-state index is -0.978. The molecule has 3 aliphatic rings. The molecule has 3 atom stereocenters. The number of anilines is 2. The summed E-state index contributed by atoms with van der Waals surface area (Å²) in [6.07, 6.45) is 2.57. The Hall–Kier alpha value is -3.49. The molecule has 7 nitrogen and oxygen atoms in total. The maximum atomic E-state index is 14.1. The van der Waals surface area contributed by atoms with E-state index >= 15 is 0 Å². The van der Waals surface area contributed by atoms with Crippen LogP contribution in [0.25, 0.3) is 0 Å². The molecule has 0 N–H and O–H groups in total. The Morgan fingerprint density at radius 1 is 1.00 bits per heavy atom. The van der Waals surface area contributed by atoms with Crippen LogP contribution < -0.4 is 9.96 Å². The van der Waals surface area contributed by atoms with Crippen molar-refractivity contribution in [3.8, 4) is 0 Å². The van der Waals surface area contributed by atoms with Crippen molar-refractivity contribution in [2.75, 3.05) is 17.1 Å². The number of hydrogen-bond acceptors (Lipinski definition) is 7. The molecule has 2 amide bonds. The van der Waals surface area contributed by atoms with Gasteiger partial charge in [0.05, 0.1) is 24.4 Å². The number of benzene rings is 2. The van der Waals surface area contributed by atoms with Gasteiger partial charge in [0.2, 0.25) is 5.91 Å². The number of imide groups is 1. The molecule has 2 saturated heterocycles. The van der Waals surface area contributed by atoms with E-state index in [2.05, 4.69) is 0 Å². The van der Waals surface area contributed by atoms with Crippen LogP contribution in [0, 0.1) is 12.8 Å². The molecule has 0 saturated carbocycles. The van der Waals surface area contributed by atoms with Crippen LogP contribution in [0.3, 0.4) is 0 Å². The predicted octanol–water partition coefficient (Wildman–Crippen LogP) is 4.77. The fourth-order valence-corrected chi connectivity index (χ4v) is 6.92. The molecule has 2 aliphatic heterocycles. The van der Waals surface area contributed by atoms with Crippen LogP contribution in [0.5, 0.6) is 0 Å². The van der Waals surface area contributed by atoms with Crippen LogP contribution in [-0.4, -0.2) is 31.0 Å². The Kier molecular flexibility index (Phi) is 5.65. The van der Waals surface area contributed by atoms with Crippen molar-refractivity contribution < 1.29 is 24.0 Å². The van der Waals surface area contributed by atoms with Gasteiger partial charge in [0.15, 0.2) is 6.10 Å². The largest absolute Gasteiger partial charge is 0.465 e. The molecule has 36 heavy (non-hydrogen) atoms. The number of hydrogen-bond donors (Lipinski definition) is 0. The topological polar surface area (TPSA) is 76.2 Å². The lowest BCUT2D eigenvalue weighted by atomic mass is 9.90. The zero-order valence-electron chi connectivity index (χ0n) is 20.1. The molecule has 8 heteroatoms. The lowest BCUT2D eigenvalue weighted by Gasteiger charge is -2.28. The van der Waals surface area contributed by atoms with Gasteiger partial charge in [0, 0.05) is 4.88 Å². The SMILES string of the molecule is COC(=O)c1c(N2C(=O)[C@@H]3[C@@H](ON(c4ccccc4)[C@H]3c3ccc(C)cc3)C2=O)sc2c1CCCC2. The Bertz CT molecular complexity index is 1350. The number of amides is 2. The molecule has 1 aliphatic carbocycles. The van der Waals surface area contributed by atoms with E-state index in [1.54, 1.807) is 5.06 Å². The summed E-state index contributed by atoms with van der Waals surface area (Å²) in [5.41, 5.74) is 4.02. The Labute approximate surface area is 213 Å². The molecule has 3 aromatic rings. The predicted molar refractivity (Wildman–Crippen MR) is 136 cm³/mol. The summed E-state index contributed by atoms with van der Waals surface area (Å²) < 4.78 is 5.08. The van der Waals surface area contributed by atoms with Crippen LogP contribution >= 0.6 is 11.3 Å². The summed E-state index contributed by atoms with van der Waals surface area (Å²) >= 11 is 1.36. The van der Waals surface area contributed by atoms with Gasteiger partial charge >= 0.3 is 5.97 Å². The van der Waals surface area contributed by atoms with Crippen molar-refractivity contribution in [3.05, 3.63) is 81.7 Å². The number of nitrogens with zero attached hydrogens (tertiary/aromatic N) is 2. The molecule has 2 aromatic carbocycles. The first kappa shape index (κ1) is 22.9. The lowest BCUT2D eigenvalue weighted by molar-refractivity contribution is -0.126. The standard InChI is InChI=1S/C28H26N2O5S/c1-16-12-14-17(15-13-16)23-22-24(35-30(23)18-8-4-3-5-9-18)26(32)29(25(22)31)27-21(28(33)34-2)19-10-6-7-11-20(19)36-27/h3-5,8-9,12-15,22-24H,6-7,10-11H2,1-2H3/t22-,23-,24+/m0/s1. The summed E-state index contributed by atoms with van der Waals surface area (Å²) in [5, 5.41) is 2.06. The number of para-hydroxylation sites is 1. The molecule has 2 fully saturated rings. The van der Waals surface area contributed by atoms with Crippen molar-refractivity contribution in [1.82, 2.24) is 0 Å². The Morgan fingerprint density at radius 2 is 1.72 bits per heavy atom. The average molecular weight is 503 g/mol. The van der Waals surface area contributed by atoms with E-state index in [4.69, 9.17) is 9.57 Å². The van der Waals surface area contributed by atoms with Gasteiger partial charge < -0.3 is 4.74 Å². The van der Waals surface area contributed by atoms with E-state index < -0.39 is 29.9 Å². The summed E-state index contributed by atoms with van der Waals surface area (Å²) in [5.74, 6) is -2.05. The highest BCUT2D eigenvalue weighted by Gasteiger charge is 2.61. The Morgan fingerprint density at radius 3 is 2.44 bits per heavy atom. The molecule has 1 aromatic heterocycles. The maximum absolute atomic E-state index is 14.1. The second kappa shape index (κ2) is 8.87. The molecule has 3 heterocycles. The number of carbonyl (C=O) groups is 3. The first-order valence-electron chi connectivity index (χ1n) is 12.2. The van der Waals surface area contributed by atoms with Crippen LogP contribution in [0.15, 0.2) is 54.6 Å². The van der Waals surface area contributed by atoms with E-state index in [1.807, 2.05) is 61.5 Å². The molecule has 0 radical (unpaired) electrons. The summed E-state index contributed by atoms with van der Waals surface area (Å²) in [4.78, 5) is 49.2. The number of aryl methyl sites for hydroxylation is 2. The van der Waals surface area contributed by atoms with Crippen molar-refractivity contribution in [1.29, 1.82) is 0 Å². The monoisotopic (exact) mass is 502 g/mol. The number of carbonyl (C=O) groups excluding carboxylic acids is 3. The molecule has 184 valence electrons. The smallest absolute Gasteiger partial charge is 0.341 e. The normalized spacial score (nSPS) is 23.1. The number of esters is 1. The number of fused-ring (bicyclic) bond motifs is 2. The number of thiophene rings is 1. The van der Waals surface area contributed by atoms with Gasteiger partial charge in [-0.3, -0.25) is 14.4 Å². The van der Waals surface area contributed by atoms with Gasteiger partial charge in [-0.15, -0.1) is 11.3 Å². The van der Waals surface area contributed by atoms with Gasteiger partial charge in [-0.05, 0) is 55.9 Å². The minimum Gasteiger partial charge on any atom is -0.465 e. The molecule has 0 spiro atoms. The van der Waals surface area contributed by atoms with Crippen LogP contribution in [-0.2, 0) is 32.0 Å². The van der Waals surface area contributed by atoms with E-state index in [-0.39, 0.29) is 5.91 Å². The zero-order chi connectivity index (χ0) is 25.0. The molecular weight excluding hydrogens is 476 g/mol. The highest BCUT2D eigenvalue weighted by molar-refractivity contribution is 7.17. The van der Waals surface area contributed by atoms with E-state index in [0.717, 1.165) is 52.9 Å². The number of methoxy groups -OCH3 is 1. The third kappa shape index (κ3) is 3.47. The summed E-state index contributed by atoms with van der Waals surface area (Å²) in [7, 11) is 1.33. The maximum Gasteiger partial charge on any atom is 0.341 e. The molecule has 0 bridgehead atoms. The third-order valence-corrected chi connectivity index (χ3v) is 8.57. The molecular formula is C28H26N2O5S. The third-order valence-electron chi connectivity index (χ3n) is 7.29. The van der Waals surface area contributed by atoms with Gasteiger partial charge in [0.25, 0.3) is 5.91 Å². The van der Waals surface area contributed by atoms with Gasteiger partial charge in [-0.2, -0.15) is 0 Å². The Balaban J connectivity index is 1.45. The van der Waals surface area contributed by atoms with Gasteiger partial charge in [0.1, 0.15) is 10.9 Å². The van der Waals surface area contributed by atoms with Crippen molar-refractivity contribution >= 4 is 39.8 Å². The highest BCUT2D eigenvalue weighted by Crippen LogP contribution is 2.50. The van der Waals surface area contributed by atoms with E-state index in [0.29, 0.717) is 10.6 Å². The minimum absolute atomic E-state index is 0.349. The lowest BCUT2D eigenvalue weighted by Crippen LogP contribution is -2.37. The number of hydroxylamine groups is 1. The van der Waals surface area contributed by atoms with E-state index in [1.165, 1.54) is 23.3 Å². The first-order valence-corrected chi connectivity index (χ1v) is 13.0. The van der Waals surface area contributed by atoms with Gasteiger partial charge in [-0.25, -0.2) is 14.8 Å². The quantitative estimate of drug-likeness (QED) is 0.378. The highest BCUT2D eigenvalue weighted by atomic mass is 32.1. The van der Waals surface area contributed by atoms with Crippen molar-refractivity contribution in [3.63, 3.8) is 0 Å². The first-order chi connectivity index (χ1) is 17.5. The summed E-state index contributed by atoms with van der Waals surface area (Å²) in [6, 6.07) is 17.0. The fourth-order valence-electron chi connectivity index (χ4n) is 5.54. The van der Waals surface area contributed by atoms with Crippen molar-refractivity contribution in [2.45, 2.75) is 44.8 Å². The second-order valence-corrected chi connectivity index (χ2v) is 10.5. The summed E-state index contributed by atoms with van der Waals surface area (Å²) in [6.45, 7) is 2.01. The fraction of sp³-hybridized carbons (Fsp3) is 0.321. The average Bonchev–Trinajstić information content (AvgIpc) is 3.55. The van der Waals surface area contributed by atoms with E-state index in [9.17, 15) is 14.4 Å². The zero-order valence-corrected chi connectivity index (χ0v) is 20.9. The molecule has 0 unspecified atom stereocenters. The van der Waals surface area contributed by atoms with Crippen LogP contribution in [0.2, 0.25) is 0 Å².